The van der Waals surface area contributed by atoms with E-state index in [1.807, 2.05) is 19.1 Å². The Morgan fingerprint density at radius 3 is 2.76 bits per heavy atom. The number of hydrogen-bond donors (Lipinski definition) is 1. The maximum atomic E-state index is 11.7. The van der Waals surface area contributed by atoms with E-state index >= 15 is 0 Å². The van der Waals surface area contributed by atoms with Crippen LogP contribution in [0.4, 0.5) is 0 Å². The van der Waals surface area contributed by atoms with Crippen LogP contribution in [0, 0.1) is 5.41 Å². The largest absolute Gasteiger partial charge is 0.481 e. The average Bonchev–Trinajstić information content (AvgIpc) is 2.46. The van der Waals surface area contributed by atoms with Crippen molar-refractivity contribution in [2.75, 3.05) is 13.1 Å². The molecule has 1 aromatic carbocycles. The molecule has 1 saturated heterocycles. The predicted octanol–water partition coefficient (Wildman–Crippen LogP) is 4.63. The summed E-state index contributed by atoms with van der Waals surface area (Å²) in [5.74, 6) is -0.691. The highest BCUT2D eigenvalue weighted by molar-refractivity contribution is 6.35. The standard InChI is InChI=1S/C16H21Cl2NO2/c1-3-16(15(20)21)7-4-8-19(10-16)11(2)13-6-5-12(17)9-14(13)18/h5-6,9,11H,3-4,7-8,10H2,1-2H3,(H,20,21). The average molecular weight is 330 g/mol. The van der Waals surface area contributed by atoms with Crippen LogP contribution in [0.2, 0.25) is 10.0 Å². The summed E-state index contributed by atoms with van der Waals surface area (Å²) in [5, 5.41) is 10.8. The van der Waals surface area contributed by atoms with Gasteiger partial charge in [-0.3, -0.25) is 9.69 Å². The van der Waals surface area contributed by atoms with Crippen molar-refractivity contribution in [3.63, 3.8) is 0 Å². The van der Waals surface area contributed by atoms with Gasteiger partial charge in [-0.1, -0.05) is 36.2 Å². The van der Waals surface area contributed by atoms with E-state index in [0.29, 0.717) is 23.0 Å². The highest BCUT2D eigenvalue weighted by Gasteiger charge is 2.42. The lowest BCUT2D eigenvalue weighted by Gasteiger charge is -2.42. The number of carboxylic acids is 1. The molecule has 0 amide bonds. The Balaban J connectivity index is 2.22. The van der Waals surface area contributed by atoms with Gasteiger partial charge < -0.3 is 5.11 Å². The summed E-state index contributed by atoms with van der Waals surface area (Å²) < 4.78 is 0. The molecule has 2 unspecified atom stereocenters. The third kappa shape index (κ3) is 3.36. The van der Waals surface area contributed by atoms with Crippen LogP contribution in [-0.4, -0.2) is 29.1 Å². The molecule has 1 N–H and O–H groups in total. The van der Waals surface area contributed by atoms with Gasteiger partial charge in [-0.25, -0.2) is 0 Å². The molecule has 0 bridgehead atoms. The van der Waals surface area contributed by atoms with Gasteiger partial charge in [0.15, 0.2) is 0 Å². The Hall–Kier alpha value is -0.770. The van der Waals surface area contributed by atoms with Gasteiger partial charge in [0.05, 0.1) is 5.41 Å². The Morgan fingerprint density at radius 1 is 1.48 bits per heavy atom. The lowest BCUT2D eigenvalue weighted by atomic mass is 9.77. The number of halogens is 2. The van der Waals surface area contributed by atoms with Gasteiger partial charge >= 0.3 is 5.97 Å². The topological polar surface area (TPSA) is 40.5 Å². The van der Waals surface area contributed by atoms with Crippen molar-refractivity contribution in [2.24, 2.45) is 5.41 Å². The highest BCUT2D eigenvalue weighted by Crippen LogP contribution is 2.38. The van der Waals surface area contributed by atoms with Crippen LogP contribution >= 0.6 is 23.2 Å². The van der Waals surface area contributed by atoms with Crippen LogP contribution in [0.5, 0.6) is 0 Å². The van der Waals surface area contributed by atoms with Crippen molar-refractivity contribution in [1.82, 2.24) is 4.90 Å². The van der Waals surface area contributed by atoms with E-state index in [9.17, 15) is 9.90 Å². The number of hydrogen-bond acceptors (Lipinski definition) is 2. The Labute approximate surface area is 135 Å². The van der Waals surface area contributed by atoms with E-state index < -0.39 is 11.4 Å². The summed E-state index contributed by atoms with van der Waals surface area (Å²) in [6.45, 7) is 5.49. The van der Waals surface area contributed by atoms with Crippen molar-refractivity contribution in [2.45, 2.75) is 39.2 Å². The molecule has 0 spiro atoms. The van der Waals surface area contributed by atoms with E-state index in [4.69, 9.17) is 23.2 Å². The fourth-order valence-corrected chi connectivity index (χ4v) is 3.72. The van der Waals surface area contributed by atoms with E-state index in [1.165, 1.54) is 0 Å². The van der Waals surface area contributed by atoms with E-state index in [1.54, 1.807) is 6.07 Å². The summed E-state index contributed by atoms with van der Waals surface area (Å²) in [5.41, 5.74) is 0.365. The minimum Gasteiger partial charge on any atom is -0.481 e. The van der Waals surface area contributed by atoms with Gasteiger partial charge in [0.25, 0.3) is 0 Å². The molecule has 1 aliphatic rings. The molecule has 1 fully saturated rings. The molecule has 1 aromatic rings. The molecule has 0 radical (unpaired) electrons. The molecule has 1 aliphatic heterocycles. The van der Waals surface area contributed by atoms with Crippen LogP contribution in [0.25, 0.3) is 0 Å². The molecular formula is C16H21Cl2NO2. The first kappa shape index (κ1) is 16.6. The normalized spacial score (nSPS) is 24.8. The molecule has 5 heteroatoms. The lowest BCUT2D eigenvalue weighted by molar-refractivity contribution is -0.153. The summed E-state index contributed by atoms with van der Waals surface area (Å²) in [4.78, 5) is 13.9. The van der Waals surface area contributed by atoms with Gasteiger partial charge in [-0.05, 0) is 50.4 Å². The first-order valence-corrected chi connectivity index (χ1v) is 8.07. The molecule has 2 atom stereocenters. The van der Waals surface area contributed by atoms with E-state index in [0.717, 1.165) is 24.9 Å². The number of benzene rings is 1. The second kappa shape index (κ2) is 6.55. The molecule has 116 valence electrons. The Kier molecular flexibility index (Phi) is 5.18. The summed E-state index contributed by atoms with van der Waals surface area (Å²) in [6, 6.07) is 5.58. The van der Waals surface area contributed by atoms with E-state index in [-0.39, 0.29) is 6.04 Å². The smallest absolute Gasteiger partial charge is 0.310 e. The van der Waals surface area contributed by atoms with Crippen molar-refractivity contribution >= 4 is 29.2 Å². The fraction of sp³-hybridized carbons (Fsp3) is 0.562. The maximum absolute atomic E-state index is 11.7. The number of carboxylic acid groups (broad SMARTS) is 1. The second-order valence-corrected chi connectivity index (χ2v) is 6.70. The van der Waals surface area contributed by atoms with Crippen LogP contribution < -0.4 is 0 Å². The monoisotopic (exact) mass is 329 g/mol. The van der Waals surface area contributed by atoms with Crippen molar-refractivity contribution < 1.29 is 9.90 Å². The van der Waals surface area contributed by atoms with E-state index in [2.05, 4.69) is 11.8 Å². The van der Waals surface area contributed by atoms with Crippen molar-refractivity contribution in [3.8, 4) is 0 Å². The van der Waals surface area contributed by atoms with Crippen LogP contribution in [0.1, 0.15) is 44.7 Å². The molecule has 0 saturated carbocycles. The number of piperidine rings is 1. The van der Waals surface area contributed by atoms with Gasteiger partial charge in [0.1, 0.15) is 0 Å². The molecule has 1 heterocycles. The molecule has 21 heavy (non-hydrogen) atoms. The first-order chi connectivity index (χ1) is 9.89. The fourth-order valence-electron chi connectivity index (χ4n) is 3.15. The molecule has 0 aromatic heterocycles. The number of nitrogens with zero attached hydrogens (tertiary/aromatic N) is 1. The predicted molar refractivity (Wildman–Crippen MR) is 86.0 cm³/mol. The number of rotatable bonds is 4. The Morgan fingerprint density at radius 2 is 2.19 bits per heavy atom. The van der Waals surface area contributed by atoms with Gasteiger partial charge in [0.2, 0.25) is 0 Å². The van der Waals surface area contributed by atoms with Crippen LogP contribution in [0.3, 0.4) is 0 Å². The quantitative estimate of drug-likeness (QED) is 0.875. The third-order valence-corrected chi connectivity index (χ3v) is 5.26. The van der Waals surface area contributed by atoms with Gasteiger partial charge in [0, 0.05) is 22.6 Å². The highest BCUT2D eigenvalue weighted by atomic mass is 35.5. The number of likely N-dealkylation sites (tertiary alicyclic amines) is 1. The third-order valence-electron chi connectivity index (χ3n) is 4.70. The first-order valence-electron chi connectivity index (χ1n) is 7.32. The zero-order valence-corrected chi connectivity index (χ0v) is 13.9. The molecule has 2 rings (SSSR count). The maximum Gasteiger partial charge on any atom is 0.310 e. The van der Waals surface area contributed by atoms with Gasteiger partial charge in [-0.2, -0.15) is 0 Å². The summed E-state index contributed by atoms with van der Waals surface area (Å²) in [6.07, 6.45) is 2.30. The Bertz CT molecular complexity index is 535. The molecule has 0 aliphatic carbocycles. The SMILES string of the molecule is CCC1(C(=O)O)CCCN(C(C)c2ccc(Cl)cc2Cl)C1. The van der Waals surface area contributed by atoms with Crippen molar-refractivity contribution in [1.29, 1.82) is 0 Å². The summed E-state index contributed by atoms with van der Waals surface area (Å²) in [7, 11) is 0. The number of aliphatic carboxylic acids is 1. The lowest BCUT2D eigenvalue weighted by Crippen LogP contribution is -2.48. The zero-order chi connectivity index (χ0) is 15.6. The zero-order valence-electron chi connectivity index (χ0n) is 12.4. The second-order valence-electron chi connectivity index (χ2n) is 5.85. The summed E-state index contributed by atoms with van der Waals surface area (Å²) >= 11 is 12.2. The minimum absolute atomic E-state index is 0.0836. The van der Waals surface area contributed by atoms with Crippen LogP contribution in [-0.2, 0) is 4.79 Å². The van der Waals surface area contributed by atoms with Crippen molar-refractivity contribution in [3.05, 3.63) is 33.8 Å². The van der Waals surface area contributed by atoms with Gasteiger partial charge in [-0.15, -0.1) is 0 Å². The minimum atomic E-state index is -0.691. The van der Waals surface area contributed by atoms with Crippen LogP contribution in [0.15, 0.2) is 18.2 Å². The number of carbonyl (C=O) groups is 1. The molecule has 3 nitrogen and oxygen atoms in total. The molecular weight excluding hydrogens is 309 g/mol.